The number of hydrogen-bond acceptors (Lipinski definition) is 4. The predicted octanol–water partition coefficient (Wildman–Crippen LogP) is 0.405. The number of nitrogens with zero attached hydrogens (tertiary/aromatic N) is 1. The maximum absolute atomic E-state index is 11.7. The van der Waals surface area contributed by atoms with Crippen molar-refractivity contribution in [2.75, 3.05) is 13.7 Å². The fourth-order valence-corrected chi connectivity index (χ4v) is 1.95. The fraction of sp³-hybridized carbons (Fsp3) is 0.727. The van der Waals surface area contributed by atoms with Gasteiger partial charge < -0.3 is 14.7 Å². The van der Waals surface area contributed by atoms with E-state index in [1.165, 1.54) is 12.0 Å². The Kier molecular flexibility index (Phi) is 4.93. The molecule has 1 atom stereocenters. The summed E-state index contributed by atoms with van der Waals surface area (Å²) in [6.45, 7) is 0.494. The first-order valence-corrected chi connectivity index (χ1v) is 5.65. The number of carbonyl (C=O) groups is 3. The van der Waals surface area contributed by atoms with E-state index in [1.54, 1.807) is 0 Å². The second-order valence-electron chi connectivity index (χ2n) is 4.01. The van der Waals surface area contributed by atoms with Crippen LogP contribution in [0.4, 0.5) is 0 Å². The molecule has 1 N–H and O–H groups in total. The third-order valence-corrected chi connectivity index (χ3v) is 2.86. The highest BCUT2D eigenvalue weighted by atomic mass is 16.5. The van der Waals surface area contributed by atoms with E-state index >= 15 is 0 Å². The third-order valence-electron chi connectivity index (χ3n) is 2.86. The van der Waals surface area contributed by atoms with E-state index in [4.69, 9.17) is 5.11 Å². The smallest absolute Gasteiger partial charge is 0.326 e. The predicted molar refractivity (Wildman–Crippen MR) is 58.2 cm³/mol. The molecular formula is C11H17NO5. The molecule has 0 aliphatic carbocycles. The van der Waals surface area contributed by atoms with Crippen LogP contribution in [0, 0.1) is 0 Å². The van der Waals surface area contributed by atoms with Gasteiger partial charge in [0.25, 0.3) is 0 Å². The number of amides is 1. The SMILES string of the molecule is COC(=O)CCCC(=O)N1CCC[C@H]1C(=O)O. The Hall–Kier alpha value is -1.59. The average molecular weight is 243 g/mol. The zero-order valence-corrected chi connectivity index (χ0v) is 9.85. The largest absolute Gasteiger partial charge is 0.480 e. The van der Waals surface area contributed by atoms with Gasteiger partial charge in [0, 0.05) is 19.4 Å². The lowest BCUT2D eigenvalue weighted by Gasteiger charge is -2.21. The van der Waals surface area contributed by atoms with Crippen molar-refractivity contribution in [1.82, 2.24) is 4.90 Å². The summed E-state index contributed by atoms with van der Waals surface area (Å²) in [6.07, 6.45) is 2.01. The van der Waals surface area contributed by atoms with Gasteiger partial charge in [0.1, 0.15) is 6.04 Å². The fourth-order valence-electron chi connectivity index (χ4n) is 1.95. The first kappa shape index (κ1) is 13.5. The van der Waals surface area contributed by atoms with Gasteiger partial charge in [-0.3, -0.25) is 9.59 Å². The quantitative estimate of drug-likeness (QED) is 0.707. The monoisotopic (exact) mass is 243 g/mol. The summed E-state index contributed by atoms with van der Waals surface area (Å²) in [4.78, 5) is 34.9. The Morgan fingerprint density at radius 2 is 2.06 bits per heavy atom. The molecule has 6 heteroatoms. The number of carboxylic acid groups (broad SMARTS) is 1. The third kappa shape index (κ3) is 3.72. The molecule has 0 aromatic rings. The number of hydrogen-bond donors (Lipinski definition) is 1. The minimum Gasteiger partial charge on any atom is -0.480 e. The maximum atomic E-state index is 11.7. The van der Waals surface area contributed by atoms with Crippen LogP contribution in [0.5, 0.6) is 0 Å². The zero-order chi connectivity index (χ0) is 12.8. The highest BCUT2D eigenvalue weighted by Crippen LogP contribution is 2.19. The second-order valence-corrected chi connectivity index (χ2v) is 4.01. The van der Waals surface area contributed by atoms with Crippen molar-refractivity contribution >= 4 is 17.8 Å². The molecule has 1 fully saturated rings. The van der Waals surface area contributed by atoms with Crippen molar-refractivity contribution in [2.45, 2.75) is 38.1 Å². The molecule has 0 bridgehead atoms. The van der Waals surface area contributed by atoms with E-state index in [0.717, 1.165) is 6.42 Å². The lowest BCUT2D eigenvalue weighted by atomic mass is 10.2. The van der Waals surface area contributed by atoms with Crippen molar-refractivity contribution in [1.29, 1.82) is 0 Å². The number of carboxylic acids is 1. The lowest BCUT2D eigenvalue weighted by molar-refractivity contribution is -0.148. The van der Waals surface area contributed by atoms with E-state index in [0.29, 0.717) is 19.4 Å². The molecule has 0 spiro atoms. The molecule has 0 aromatic heterocycles. The van der Waals surface area contributed by atoms with Crippen LogP contribution in [0.3, 0.4) is 0 Å². The Labute approximate surface area is 99.5 Å². The van der Waals surface area contributed by atoms with Gasteiger partial charge in [-0.05, 0) is 19.3 Å². The summed E-state index contributed by atoms with van der Waals surface area (Å²) in [7, 11) is 1.30. The van der Waals surface area contributed by atoms with Crippen LogP contribution in [-0.2, 0) is 19.1 Å². The first-order valence-electron chi connectivity index (χ1n) is 5.65. The number of ether oxygens (including phenoxy) is 1. The molecule has 96 valence electrons. The summed E-state index contributed by atoms with van der Waals surface area (Å²) in [5.41, 5.74) is 0. The minimum atomic E-state index is -0.955. The molecule has 1 saturated heterocycles. The number of aliphatic carboxylic acids is 1. The van der Waals surface area contributed by atoms with Crippen molar-refractivity contribution in [3.05, 3.63) is 0 Å². The number of rotatable bonds is 5. The van der Waals surface area contributed by atoms with Crippen LogP contribution < -0.4 is 0 Å². The molecule has 1 amide bonds. The van der Waals surface area contributed by atoms with Crippen molar-refractivity contribution in [2.24, 2.45) is 0 Å². The van der Waals surface area contributed by atoms with Crippen LogP contribution in [0.15, 0.2) is 0 Å². The molecule has 1 heterocycles. The molecule has 6 nitrogen and oxygen atoms in total. The molecule has 17 heavy (non-hydrogen) atoms. The molecule has 1 aliphatic rings. The Balaban J connectivity index is 2.37. The normalized spacial score (nSPS) is 19.1. The van der Waals surface area contributed by atoms with Crippen molar-refractivity contribution < 1.29 is 24.2 Å². The summed E-state index contributed by atoms with van der Waals surface area (Å²) in [5, 5.41) is 8.92. The topological polar surface area (TPSA) is 83.9 Å². The van der Waals surface area contributed by atoms with Gasteiger partial charge >= 0.3 is 11.9 Å². The van der Waals surface area contributed by atoms with Crippen LogP contribution in [0.25, 0.3) is 0 Å². The molecule has 0 radical (unpaired) electrons. The second kappa shape index (κ2) is 6.22. The van der Waals surface area contributed by atoms with E-state index in [1.807, 2.05) is 0 Å². The molecule has 0 unspecified atom stereocenters. The van der Waals surface area contributed by atoms with Crippen LogP contribution in [0.2, 0.25) is 0 Å². The van der Waals surface area contributed by atoms with E-state index in [9.17, 15) is 14.4 Å². The van der Waals surface area contributed by atoms with Crippen LogP contribution in [0.1, 0.15) is 32.1 Å². The Morgan fingerprint density at radius 3 is 2.65 bits per heavy atom. The average Bonchev–Trinajstić information content (AvgIpc) is 2.77. The molecule has 1 rings (SSSR count). The van der Waals surface area contributed by atoms with Gasteiger partial charge in [0.05, 0.1) is 7.11 Å². The first-order chi connectivity index (χ1) is 8.06. The van der Waals surface area contributed by atoms with E-state index in [-0.39, 0.29) is 24.7 Å². The van der Waals surface area contributed by atoms with Crippen LogP contribution >= 0.6 is 0 Å². The summed E-state index contributed by atoms with van der Waals surface area (Å²) in [6, 6.07) is -0.694. The van der Waals surface area contributed by atoms with Gasteiger partial charge in [-0.2, -0.15) is 0 Å². The van der Waals surface area contributed by atoms with Crippen molar-refractivity contribution in [3.8, 4) is 0 Å². The van der Waals surface area contributed by atoms with Gasteiger partial charge in [-0.1, -0.05) is 0 Å². The molecular weight excluding hydrogens is 226 g/mol. The number of likely N-dealkylation sites (tertiary alicyclic amines) is 1. The maximum Gasteiger partial charge on any atom is 0.326 e. The Morgan fingerprint density at radius 1 is 1.35 bits per heavy atom. The number of methoxy groups -OCH3 is 1. The number of esters is 1. The molecule has 0 saturated carbocycles. The van der Waals surface area contributed by atoms with Gasteiger partial charge in [0.2, 0.25) is 5.91 Å². The minimum absolute atomic E-state index is 0.188. The zero-order valence-electron chi connectivity index (χ0n) is 9.85. The number of carbonyl (C=O) groups excluding carboxylic acids is 2. The summed E-state index contributed by atoms with van der Waals surface area (Å²) in [5.74, 6) is -1.50. The van der Waals surface area contributed by atoms with Gasteiger partial charge in [-0.15, -0.1) is 0 Å². The molecule has 1 aliphatic heterocycles. The van der Waals surface area contributed by atoms with Gasteiger partial charge in [-0.25, -0.2) is 4.79 Å². The lowest BCUT2D eigenvalue weighted by Crippen LogP contribution is -2.40. The standard InChI is InChI=1S/C11H17NO5/c1-17-10(14)6-2-5-9(13)12-7-3-4-8(12)11(15)16/h8H,2-7H2,1H3,(H,15,16)/t8-/m0/s1. The van der Waals surface area contributed by atoms with Gasteiger partial charge in [0.15, 0.2) is 0 Å². The van der Waals surface area contributed by atoms with Crippen LogP contribution in [-0.4, -0.2) is 47.5 Å². The molecule has 0 aromatic carbocycles. The van der Waals surface area contributed by atoms with Crippen molar-refractivity contribution in [3.63, 3.8) is 0 Å². The highest BCUT2D eigenvalue weighted by molar-refractivity contribution is 5.84. The summed E-state index contributed by atoms with van der Waals surface area (Å²) >= 11 is 0. The Bertz CT molecular complexity index is 315. The highest BCUT2D eigenvalue weighted by Gasteiger charge is 2.33. The summed E-state index contributed by atoms with van der Waals surface area (Å²) < 4.78 is 4.46. The van der Waals surface area contributed by atoms with E-state index < -0.39 is 12.0 Å². The van der Waals surface area contributed by atoms with E-state index in [2.05, 4.69) is 4.74 Å².